The van der Waals surface area contributed by atoms with Gasteiger partial charge in [-0.2, -0.15) is 0 Å². The van der Waals surface area contributed by atoms with Crippen molar-refractivity contribution in [1.29, 1.82) is 0 Å². The summed E-state index contributed by atoms with van der Waals surface area (Å²) >= 11 is 6.16. The summed E-state index contributed by atoms with van der Waals surface area (Å²) in [4.78, 5) is 12.9. The first-order chi connectivity index (χ1) is 18.6. The summed E-state index contributed by atoms with van der Waals surface area (Å²) in [5, 5.41) is 43.2. The lowest BCUT2D eigenvalue weighted by atomic mass is 9.86. The molecule has 3 heterocycles. The Morgan fingerprint density at radius 3 is 2.62 bits per heavy atom. The molecule has 10 nitrogen and oxygen atoms in total. The highest BCUT2D eigenvalue weighted by atomic mass is 35.5. The van der Waals surface area contributed by atoms with Crippen molar-refractivity contribution >= 4 is 17.5 Å². The number of carbonyl (C=O) groups is 1. The zero-order valence-electron chi connectivity index (χ0n) is 20.2. The van der Waals surface area contributed by atoms with Gasteiger partial charge in [0.25, 0.3) is 0 Å². The number of benzene rings is 2. The van der Waals surface area contributed by atoms with Crippen LogP contribution in [-0.2, 0) is 20.7 Å². The van der Waals surface area contributed by atoms with Crippen LogP contribution in [-0.4, -0.2) is 79.6 Å². The summed E-state index contributed by atoms with van der Waals surface area (Å²) in [6.07, 6.45) is -3.09. The van der Waals surface area contributed by atoms with Gasteiger partial charge in [-0.25, -0.2) is 17.9 Å². The van der Waals surface area contributed by atoms with Crippen LogP contribution in [0.25, 0.3) is 11.3 Å². The van der Waals surface area contributed by atoms with E-state index in [1.54, 1.807) is 24.3 Å². The molecule has 2 saturated heterocycles. The zero-order chi connectivity index (χ0) is 27.9. The quantitative estimate of drug-likeness (QED) is 0.328. The molecule has 2 aliphatic rings. The van der Waals surface area contributed by atoms with Gasteiger partial charge in [-0.3, -0.25) is 4.79 Å². The van der Waals surface area contributed by atoms with E-state index in [2.05, 4.69) is 15.6 Å². The van der Waals surface area contributed by atoms with E-state index in [0.717, 1.165) is 16.8 Å². The Morgan fingerprint density at radius 2 is 1.92 bits per heavy atom. The maximum atomic E-state index is 13.8. The predicted octanol–water partition coefficient (Wildman–Crippen LogP) is 1.51. The van der Waals surface area contributed by atoms with Gasteiger partial charge in [0.1, 0.15) is 30.0 Å². The van der Waals surface area contributed by atoms with E-state index in [1.807, 2.05) is 0 Å². The summed E-state index contributed by atoms with van der Waals surface area (Å²) in [5.74, 6) is -6.82. The Labute approximate surface area is 224 Å². The number of aromatic nitrogens is 3. The Balaban J connectivity index is 1.43. The molecule has 2 fully saturated rings. The fourth-order valence-electron chi connectivity index (χ4n) is 5.00. The highest BCUT2D eigenvalue weighted by Gasteiger charge is 2.62. The number of hydrogen-bond acceptors (Lipinski definition) is 8. The van der Waals surface area contributed by atoms with Crippen LogP contribution in [0.2, 0.25) is 5.02 Å². The number of aliphatic hydroxyl groups excluding tert-OH is 3. The number of nitrogens with one attached hydrogen (secondary N) is 1. The number of carbonyl (C=O) groups excluding carboxylic acids is 1. The first kappa shape index (κ1) is 27.5. The predicted molar refractivity (Wildman–Crippen MR) is 129 cm³/mol. The number of rotatable bonds is 6. The van der Waals surface area contributed by atoms with E-state index in [-0.39, 0.29) is 30.7 Å². The third-order valence-corrected chi connectivity index (χ3v) is 7.31. The first-order valence-electron chi connectivity index (χ1n) is 12.0. The summed E-state index contributed by atoms with van der Waals surface area (Å²) in [7, 11) is 0. The van der Waals surface area contributed by atoms with Crippen molar-refractivity contribution in [2.75, 3.05) is 13.2 Å². The molecule has 4 N–H and O–H groups in total. The van der Waals surface area contributed by atoms with Crippen LogP contribution in [0.15, 0.2) is 42.6 Å². The standard InChI is InChI=1S/C25H24ClF3N4O6/c26-14-4-2-1-3-12(14)9-20(35)30-19-5-6-38-25(19)24(37)22(23(36)18(11-34)39-25)33-10-17(31-32-33)13-7-15(27)21(29)16(28)8-13/h1-4,7-8,10,18-19,22-24,34,36-37H,5-6,9,11H2,(H,30,35)/t18-,19-,22+,23+,24-,25+/m1/s1. The van der Waals surface area contributed by atoms with Crippen LogP contribution in [0.4, 0.5) is 13.2 Å². The lowest BCUT2D eigenvalue weighted by Crippen LogP contribution is -2.69. The molecule has 1 aromatic heterocycles. The van der Waals surface area contributed by atoms with Crippen LogP contribution in [0.1, 0.15) is 18.0 Å². The van der Waals surface area contributed by atoms with Gasteiger partial charge in [0.2, 0.25) is 11.7 Å². The lowest BCUT2D eigenvalue weighted by molar-refractivity contribution is -0.345. The lowest BCUT2D eigenvalue weighted by Gasteiger charge is -2.49. The van der Waals surface area contributed by atoms with E-state index >= 15 is 0 Å². The van der Waals surface area contributed by atoms with E-state index in [1.165, 1.54) is 6.20 Å². The molecule has 0 unspecified atom stereocenters. The fraction of sp³-hybridized carbons (Fsp3) is 0.400. The number of ether oxygens (including phenoxy) is 2. The van der Waals surface area contributed by atoms with Crippen molar-refractivity contribution in [3.63, 3.8) is 0 Å². The monoisotopic (exact) mass is 568 g/mol. The molecular formula is C25H24ClF3N4O6. The Kier molecular flexibility index (Phi) is 7.64. The van der Waals surface area contributed by atoms with Crippen LogP contribution in [0.3, 0.4) is 0 Å². The van der Waals surface area contributed by atoms with Gasteiger partial charge in [0.15, 0.2) is 17.5 Å². The maximum Gasteiger partial charge on any atom is 0.224 e. The minimum absolute atomic E-state index is 0.0605. The topological polar surface area (TPSA) is 139 Å². The minimum atomic E-state index is -1.88. The molecule has 14 heteroatoms. The molecule has 2 aliphatic heterocycles. The summed E-state index contributed by atoms with van der Waals surface area (Å²) < 4.78 is 53.6. The van der Waals surface area contributed by atoms with Crippen molar-refractivity contribution < 1.29 is 42.8 Å². The number of hydrogen-bond donors (Lipinski definition) is 4. The maximum absolute atomic E-state index is 13.8. The van der Waals surface area contributed by atoms with Crippen molar-refractivity contribution in [3.05, 3.63) is 70.6 Å². The van der Waals surface area contributed by atoms with Gasteiger partial charge in [0, 0.05) is 10.6 Å². The average molecular weight is 569 g/mol. The number of halogens is 4. The fourth-order valence-corrected chi connectivity index (χ4v) is 5.21. The summed E-state index contributed by atoms with van der Waals surface area (Å²) in [6.45, 7) is -0.600. The Hall–Kier alpha value is -3.07. The molecule has 39 heavy (non-hydrogen) atoms. The third-order valence-electron chi connectivity index (χ3n) is 6.94. The normalized spacial score (nSPS) is 28.6. The van der Waals surface area contributed by atoms with E-state index < -0.39 is 66.1 Å². The molecular weight excluding hydrogens is 545 g/mol. The molecule has 3 aromatic rings. The molecule has 1 amide bonds. The summed E-state index contributed by atoms with van der Waals surface area (Å²) in [6, 6.07) is 6.05. The molecule has 0 saturated carbocycles. The first-order valence-corrected chi connectivity index (χ1v) is 12.4. The number of amides is 1. The number of nitrogens with zero attached hydrogens (tertiary/aromatic N) is 3. The van der Waals surface area contributed by atoms with Crippen molar-refractivity contribution in [3.8, 4) is 11.3 Å². The molecule has 6 atom stereocenters. The Bertz CT molecular complexity index is 1360. The van der Waals surface area contributed by atoms with Crippen LogP contribution in [0.5, 0.6) is 0 Å². The van der Waals surface area contributed by atoms with Gasteiger partial charge in [-0.15, -0.1) is 5.10 Å². The molecule has 1 spiro atoms. The second-order valence-corrected chi connectivity index (χ2v) is 9.76. The van der Waals surface area contributed by atoms with Gasteiger partial charge >= 0.3 is 0 Å². The molecule has 0 radical (unpaired) electrons. The van der Waals surface area contributed by atoms with Crippen LogP contribution >= 0.6 is 11.6 Å². The SMILES string of the molecule is O=C(Cc1ccccc1Cl)N[C@@H]1CCO[C@]12O[C@H](CO)[C@H](O)[C@H](n1cc(-c3cc(F)c(F)c(F)c3)nn1)[C@H]2O. The van der Waals surface area contributed by atoms with Gasteiger partial charge < -0.3 is 30.1 Å². The van der Waals surface area contributed by atoms with Crippen molar-refractivity contribution in [1.82, 2.24) is 20.3 Å². The van der Waals surface area contributed by atoms with Crippen LogP contribution in [0, 0.1) is 17.5 Å². The van der Waals surface area contributed by atoms with Crippen molar-refractivity contribution in [2.45, 2.75) is 49.0 Å². The summed E-state index contributed by atoms with van der Waals surface area (Å²) in [5.41, 5.74) is 0.370. The van der Waals surface area contributed by atoms with Crippen LogP contribution < -0.4 is 5.32 Å². The Morgan fingerprint density at radius 1 is 1.21 bits per heavy atom. The molecule has 5 rings (SSSR count). The number of aliphatic hydroxyl groups is 3. The molecule has 0 aliphatic carbocycles. The van der Waals surface area contributed by atoms with Crippen molar-refractivity contribution in [2.24, 2.45) is 0 Å². The minimum Gasteiger partial charge on any atom is -0.394 e. The molecule has 208 valence electrons. The largest absolute Gasteiger partial charge is 0.394 e. The van der Waals surface area contributed by atoms with Gasteiger partial charge in [0.05, 0.1) is 31.9 Å². The highest BCUT2D eigenvalue weighted by molar-refractivity contribution is 6.31. The van der Waals surface area contributed by atoms with E-state index in [9.17, 15) is 33.3 Å². The molecule has 0 bridgehead atoms. The average Bonchev–Trinajstić information content (AvgIpc) is 3.54. The zero-order valence-corrected chi connectivity index (χ0v) is 20.9. The molecule has 2 aromatic carbocycles. The third kappa shape index (κ3) is 5.01. The smallest absolute Gasteiger partial charge is 0.224 e. The van der Waals surface area contributed by atoms with E-state index in [4.69, 9.17) is 21.1 Å². The second kappa shape index (κ2) is 10.8. The van der Waals surface area contributed by atoms with E-state index in [0.29, 0.717) is 10.6 Å². The highest BCUT2D eigenvalue weighted by Crippen LogP contribution is 2.43. The second-order valence-electron chi connectivity index (χ2n) is 9.35. The van der Waals surface area contributed by atoms with Gasteiger partial charge in [-0.05, 0) is 30.2 Å². The van der Waals surface area contributed by atoms with Gasteiger partial charge in [-0.1, -0.05) is 35.0 Å².